The van der Waals surface area contributed by atoms with E-state index >= 15 is 0 Å². The predicted molar refractivity (Wildman–Crippen MR) is 73.7 cm³/mol. The number of halogens is 1. The van der Waals surface area contributed by atoms with E-state index in [9.17, 15) is 4.79 Å². The van der Waals surface area contributed by atoms with Gasteiger partial charge in [-0.05, 0) is 23.6 Å². The molecule has 6 heteroatoms. The lowest BCUT2D eigenvalue weighted by Crippen LogP contribution is -2.07. The van der Waals surface area contributed by atoms with Gasteiger partial charge in [0, 0.05) is 24.3 Å². The van der Waals surface area contributed by atoms with E-state index in [0.29, 0.717) is 29.6 Å². The number of hydrogen-bond donors (Lipinski definition) is 1. The highest BCUT2D eigenvalue weighted by atomic mass is 35.5. The number of carboxylic acids is 1. The Morgan fingerprint density at radius 1 is 1.40 bits per heavy atom. The monoisotopic (exact) mass is 294 g/mol. The molecule has 20 heavy (non-hydrogen) atoms. The van der Waals surface area contributed by atoms with Gasteiger partial charge in [0.15, 0.2) is 5.82 Å². The molecule has 0 fully saturated rings. The molecule has 0 bridgehead atoms. The van der Waals surface area contributed by atoms with Gasteiger partial charge in [-0.3, -0.25) is 4.79 Å². The first-order valence-corrected chi connectivity index (χ1v) is 6.68. The summed E-state index contributed by atoms with van der Waals surface area (Å²) in [5.41, 5.74) is 1.04. The van der Waals surface area contributed by atoms with Gasteiger partial charge in [-0.25, -0.2) is 0 Å². The first kappa shape index (κ1) is 14.5. The lowest BCUT2D eigenvalue weighted by atomic mass is 10.0. The molecule has 0 saturated carbocycles. The molecular weight excluding hydrogens is 280 g/mol. The lowest BCUT2D eigenvalue weighted by Gasteiger charge is -2.03. The fourth-order valence-electron chi connectivity index (χ4n) is 1.90. The molecule has 1 unspecified atom stereocenters. The smallest absolute Gasteiger partial charge is 0.303 e. The van der Waals surface area contributed by atoms with Crippen molar-refractivity contribution >= 4 is 17.6 Å². The van der Waals surface area contributed by atoms with Crippen molar-refractivity contribution in [3.8, 4) is 0 Å². The number of aliphatic carboxylic acids is 1. The Morgan fingerprint density at radius 3 is 2.75 bits per heavy atom. The van der Waals surface area contributed by atoms with Crippen LogP contribution in [-0.2, 0) is 17.6 Å². The predicted octanol–water partition coefficient (Wildman–Crippen LogP) is 2.97. The van der Waals surface area contributed by atoms with Crippen molar-refractivity contribution in [1.82, 2.24) is 10.1 Å². The molecule has 0 saturated heterocycles. The summed E-state index contributed by atoms with van der Waals surface area (Å²) in [6.45, 7) is 1.84. The zero-order valence-corrected chi connectivity index (χ0v) is 11.8. The van der Waals surface area contributed by atoms with Crippen LogP contribution in [0.15, 0.2) is 28.8 Å². The van der Waals surface area contributed by atoms with Crippen LogP contribution >= 0.6 is 11.6 Å². The molecule has 1 atom stereocenters. The van der Waals surface area contributed by atoms with Crippen LogP contribution in [0.1, 0.15) is 30.6 Å². The number of nitrogens with zero attached hydrogens (tertiary/aromatic N) is 2. The second-order valence-corrected chi connectivity index (χ2v) is 5.25. The number of rotatable bonds is 6. The van der Waals surface area contributed by atoms with Gasteiger partial charge < -0.3 is 9.63 Å². The summed E-state index contributed by atoms with van der Waals surface area (Å²) in [6, 6.07) is 7.44. The van der Waals surface area contributed by atoms with Gasteiger partial charge in [-0.1, -0.05) is 35.8 Å². The van der Waals surface area contributed by atoms with Gasteiger partial charge in [-0.2, -0.15) is 4.98 Å². The summed E-state index contributed by atoms with van der Waals surface area (Å²) < 4.78 is 5.13. The van der Waals surface area contributed by atoms with E-state index < -0.39 is 5.97 Å². The molecular formula is C14H15ClN2O3. The average molecular weight is 295 g/mol. The third-order valence-electron chi connectivity index (χ3n) is 2.83. The summed E-state index contributed by atoms with van der Waals surface area (Å²) in [4.78, 5) is 14.9. The molecule has 2 rings (SSSR count). The maximum absolute atomic E-state index is 10.6. The molecule has 1 heterocycles. The maximum atomic E-state index is 10.6. The third kappa shape index (κ3) is 4.35. The van der Waals surface area contributed by atoms with Gasteiger partial charge in [0.1, 0.15) is 0 Å². The van der Waals surface area contributed by atoms with Crippen molar-refractivity contribution in [2.45, 2.75) is 26.2 Å². The van der Waals surface area contributed by atoms with Gasteiger partial charge in [0.2, 0.25) is 5.89 Å². The second kappa shape index (κ2) is 6.52. The number of hydrogen-bond acceptors (Lipinski definition) is 4. The number of benzene rings is 1. The highest BCUT2D eigenvalue weighted by molar-refractivity contribution is 6.30. The molecule has 1 aromatic carbocycles. The van der Waals surface area contributed by atoms with E-state index in [1.54, 1.807) is 0 Å². The van der Waals surface area contributed by atoms with Crippen LogP contribution in [-0.4, -0.2) is 21.2 Å². The highest BCUT2D eigenvalue weighted by Gasteiger charge is 2.13. The third-order valence-corrected chi connectivity index (χ3v) is 3.08. The van der Waals surface area contributed by atoms with Crippen molar-refractivity contribution < 1.29 is 14.4 Å². The Hall–Kier alpha value is -1.88. The Kier molecular flexibility index (Phi) is 4.74. The number of carbonyl (C=O) groups is 1. The van der Waals surface area contributed by atoms with Crippen molar-refractivity contribution in [3.05, 3.63) is 46.6 Å². The minimum absolute atomic E-state index is 0.0312. The molecule has 0 aliphatic heterocycles. The van der Waals surface area contributed by atoms with E-state index in [1.807, 2.05) is 31.2 Å². The molecule has 106 valence electrons. The van der Waals surface area contributed by atoms with Crippen LogP contribution in [0.25, 0.3) is 0 Å². The summed E-state index contributed by atoms with van der Waals surface area (Å²) in [5, 5.41) is 13.3. The minimum Gasteiger partial charge on any atom is -0.481 e. The van der Waals surface area contributed by atoms with Crippen LogP contribution in [0, 0.1) is 5.92 Å². The Labute approximate surface area is 121 Å². The van der Waals surface area contributed by atoms with Crippen molar-refractivity contribution in [1.29, 1.82) is 0 Å². The van der Waals surface area contributed by atoms with Gasteiger partial charge in [0.25, 0.3) is 0 Å². The molecule has 2 aromatic rings. The average Bonchev–Trinajstić information content (AvgIpc) is 2.78. The summed E-state index contributed by atoms with van der Waals surface area (Å²) in [6.07, 6.45) is 1.13. The Morgan fingerprint density at radius 2 is 2.10 bits per heavy atom. The van der Waals surface area contributed by atoms with Crippen LogP contribution in [0.3, 0.4) is 0 Å². The van der Waals surface area contributed by atoms with E-state index in [0.717, 1.165) is 5.56 Å². The van der Waals surface area contributed by atoms with E-state index in [1.165, 1.54) is 0 Å². The number of carboxylic acid groups (broad SMARTS) is 1. The zero-order chi connectivity index (χ0) is 14.5. The molecule has 0 amide bonds. The molecule has 1 aromatic heterocycles. The molecule has 1 N–H and O–H groups in total. The van der Waals surface area contributed by atoms with Crippen molar-refractivity contribution in [3.63, 3.8) is 0 Å². The van der Waals surface area contributed by atoms with Crippen LogP contribution in [0.5, 0.6) is 0 Å². The first-order chi connectivity index (χ1) is 9.52. The van der Waals surface area contributed by atoms with Crippen LogP contribution in [0.2, 0.25) is 5.02 Å². The van der Waals surface area contributed by atoms with Crippen LogP contribution < -0.4 is 0 Å². The summed E-state index contributed by atoms with van der Waals surface area (Å²) >= 11 is 5.82. The van der Waals surface area contributed by atoms with Gasteiger partial charge >= 0.3 is 5.97 Å². The molecule has 0 aliphatic carbocycles. The van der Waals surface area contributed by atoms with Gasteiger partial charge in [0.05, 0.1) is 0 Å². The van der Waals surface area contributed by atoms with Crippen LogP contribution in [0.4, 0.5) is 0 Å². The topological polar surface area (TPSA) is 76.2 Å². The molecule has 0 aliphatic rings. The minimum atomic E-state index is -0.821. The maximum Gasteiger partial charge on any atom is 0.303 e. The SMILES string of the molecule is CC(CC(=O)O)Cc1nc(Cc2ccc(Cl)cc2)no1. The lowest BCUT2D eigenvalue weighted by molar-refractivity contribution is -0.137. The largest absolute Gasteiger partial charge is 0.481 e. The van der Waals surface area contributed by atoms with Gasteiger partial charge in [-0.15, -0.1) is 0 Å². The van der Waals surface area contributed by atoms with Crippen molar-refractivity contribution in [2.24, 2.45) is 5.92 Å². The first-order valence-electron chi connectivity index (χ1n) is 6.30. The summed E-state index contributed by atoms with van der Waals surface area (Å²) in [7, 11) is 0. The van der Waals surface area contributed by atoms with E-state index in [2.05, 4.69) is 10.1 Å². The summed E-state index contributed by atoms with van der Waals surface area (Å²) in [5.74, 6) is 0.210. The Bertz CT molecular complexity index is 580. The fourth-order valence-corrected chi connectivity index (χ4v) is 2.02. The Balaban J connectivity index is 1.95. The number of aromatic nitrogens is 2. The van der Waals surface area contributed by atoms with E-state index in [-0.39, 0.29) is 12.3 Å². The standard InChI is InChI=1S/C14H15ClN2O3/c1-9(7-14(18)19)6-13-16-12(17-20-13)8-10-2-4-11(15)5-3-10/h2-5,9H,6-8H2,1H3,(H,18,19). The zero-order valence-electron chi connectivity index (χ0n) is 11.0. The fraction of sp³-hybridized carbons (Fsp3) is 0.357. The van der Waals surface area contributed by atoms with Crippen molar-refractivity contribution in [2.75, 3.05) is 0 Å². The highest BCUT2D eigenvalue weighted by Crippen LogP contribution is 2.14. The molecule has 5 nitrogen and oxygen atoms in total. The molecule has 0 spiro atoms. The van der Waals surface area contributed by atoms with E-state index in [4.69, 9.17) is 21.2 Å². The second-order valence-electron chi connectivity index (χ2n) is 4.81. The molecule has 0 radical (unpaired) electrons. The normalized spacial score (nSPS) is 12.3. The quantitative estimate of drug-likeness (QED) is 0.886.